The number of hydrogen-bond acceptors (Lipinski definition) is 5. The van der Waals surface area contributed by atoms with Crippen LogP contribution in [0.2, 0.25) is 0 Å². The van der Waals surface area contributed by atoms with Crippen LogP contribution in [0, 0.1) is 0 Å². The molecule has 1 aliphatic heterocycles. The molecule has 0 atom stereocenters. The Morgan fingerprint density at radius 2 is 2.00 bits per heavy atom. The van der Waals surface area contributed by atoms with Crippen LogP contribution >= 0.6 is 24.0 Å². The molecule has 1 saturated heterocycles. The topological polar surface area (TPSA) is 61.4 Å². The number of guanidine groups is 1. The zero-order valence-corrected chi connectivity index (χ0v) is 17.9. The van der Waals surface area contributed by atoms with Crippen molar-refractivity contribution in [2.24, 2.45) is 4.99 Å². The summed E-state index contributed by atoms with van der Waals surface area (Å²) in [7, 11) is 3.84. The Morgan fingerprint density at radius 1 is 1.25 bits per heavy atom. The molecule has 0 unspecified atom stereocenters. The van der Waals surface area contributed by atoms with Crippen LogP contribution in [-0.4, -0.2) is 102 Å². The molecular weight excluding hydrogens is 421 g/mol. The van der Waals surface area contributed by atoms with Crippen LogP contribution in [0.4, 0.5) is 0 Å². The van der Waals surface area contributed by atoms with Crippen molar-refractivity contribution >= 4 is 29.9 Å². The van der Waals surface area contributed by atoms with Crippen LogP contribution < -0.4 is 10.6 Å². The van der Waals surface area contributed by atoms with Crippen LogP contribution in [0.3, 0.4) is 0 Å². The summed E-state index contributed by atoms with van der Waals surface area (Å²) in [6.45, 7) is 12.3. The zero-order chi connectivity index (χ0) is 16.8. The van der Waals surface area contributed by atoms with Gasteiger partial charge in [0.2, 0.25) is 0 Å². The molecule has 1 heterocycles. The summed E-state index contributed by atoms with van der Waals surface area (Å²) in [5, 5.41) is 6.69. The van der Waals surface area contributed by atoms with Crippen molar-refractivity contribution in [1.29, 1.82) is 0 Å². The number of rotatable bonds is 11. The normalized spacial score (nSPS) is 16.1. The second-order valence-corrected chi connectivity index (χ2v) is 5.79. The van der Waals surface area contributed by atoms with Crippen molar-refractivity contribution in [3.63, 3.8) is 0 Å². The van der Waals surface area contributed by atoms with Gasteiger partial charge in [0, 0.05) is 59.5 Å². The van der Waals surface area contributed by atoms with Gasteiger partial charge in [-0.05, 0) is 20.4 Å². The van der Waals surface area contributed by atoms with E-state index in [0.29, 0.717) is 0 Å². The molecule has 0 aromatic carbocycles. The quantitative estimate of drug-likeness (QED) is 0.204. The van der Waals surface area contributed by atoms with Gasteiger partial charge in [-0.15, -0.1) is 24.0 Å². The third-order valence-electron chi connectivity index (χ3n) is 3.81. The van der Waals surface area contributed by atoms with Crippen molar-refractivity contribution < 1.29 is 9.47 Å². The number of hydrogen-bond donors (Lipinski definition) is 2. The van der Waals surface area contributed by atoms with Crippen LogP contribution in [0.1, 0.15) is 13.3 Å². The van der Waals surface area contributed by atoms with E-state index >= 15 is 0 Å². The number of morpholine rings is 1. The second-order valence-electron chi connectivity index (χ2n) is 5.79. The molecule has 0 radical (unpaired) electrons. The average Bonchev–Trinajstić information content (AvgIpc) is 2.57. The molecule has 1 aliphatic rings. The monoisotopic (exact) mass is 457 g/mol. The lowest BCUT2D eigenvalue weighted by atomic mass is 10.3. The molecule has 7 nitrogen and oxygen atoms in total. The van der Waals surface area contributed by atoms with Gasteiger partial charge in [-0.1, -0.05) is 0 Å². The van der Waals surface area contributed by atoms with Crippen LogP contribution in [0.15, 0.2) is 4.99 Å². The first-order valence-corrected chi connectivity index (χ1v) is 8.76. The lowest BCUT2D eigenvalue weighted by Crippen LogP contribution is -2.41. The Morgan fingerprint density at radius 3 is 2.67 bits per heavy atom. The SMILES string of the molecule is CCNC(=NCCCN1CCOCC1)NCCN(C)CCOC.I. The highest BCUT2D eigenvalue weighted by Gasteiger charge is 2.09. The van der Waals surface area contributed by atoms with E-state index in [4.69, 9.17) is 9.47 Å². The number of aliphatic imine (C=N–C) groups is 1. The van der Waals surface area contributed by atoms with Gasteiger partial charge in [-0.3, -0.25) is 9.89 Å². The highest BCUT2D eigenvalue weighted by molar-refractivity contribution is 14.0. The molecule has 0 aliphatic carbocycles. The first-order chi connectivity index (χ1) is 11.3. The minimum Gasteiger partial charge on any atom is -0.383 e. The maximum absolute atomic E-state index is 5.36. The number of methoxy groups -OCH3 is 1. The summed E-state index contributed by atoms with van der Waals surface area (Å²) in [6, 6.07) is 0. The van der Waals surface area contributed by atoms with Crippen LogP contribution in [0.25, 0.3) is 0 Å². The summed E-state index contributed by atoms with van der Waals surface area (Å²) in [4.78, 5) is 9.35. The molecule has 0 aromatic heterocycles. The molecule has 8 heteroatoms. The van der Waals surface area contributed by atoms with E-state index in [2.05, 4.69) is 39.4 Å². The van der Waals surface area contributed by atoms with E-state index in [1.165, 1.54) is 0 Å². The van der Waals surface area contributed by atoms with Gasteiger partial charge in [0.25, 0.3) is 0 Å². The van der Waals surface area contributed by atoms with Gasteiger partial charge >= 0.3 is 0 Å². The lowest BCUT2D eigenvalue weighted by Gasteiger charge is -2.26. The third kappa shape index (κ3) is 12.2. The molecule has 144 valence electrons. The molecule has 1 fully saturated rings. The first kappa shape index (κ1) is 23.8. The number of likely N-dealkylation sites (N-methyl/N-ethyl adjacent to an activating group) is 1. The third-order valence-corrected chi connectivity index (χ3v) is 3.81. The van der Waals surface area contributed by atoms with Gasteiger partial charge in [0.15, 0.2) is 5.96 Å². The number of ether oxygens (including phenoxy) is 2. The van der Waals surface area contributed by atoms with Crippen molar-refractivity contribution in [3.8, 4) is 0 Å². The molecule has 0 bridgehead atoms. The lowest BCUT2D eigenvalue weighted by molar-refractivity contribution is 0.0377. The highest BCUT2D eigenvalue weighted by atomic mass is 127. The smallest absolute Gasteiger partial charge is 0.191 e. The summed E-state index contributed by atoms with van der Waals surface area (Å²) in [5.74, 6) is 0.912. The Hall–Kier alpha value is -0.160. The second kappa shape index (κ2) is 16.3. The highest BCUT2D eigenvalue weighted by Crippen LogP contribution is 1.98. The minimum atomic E-state index is 0. The van der Waals surface area contributed by atoms with E-state index < -0.39 is 0 Å². The van der Waals surface area contributed by atoms with Gasteiger partial charge < -0.3 is 25.0 Å². The van der Waals surface area contributed by atoms with E-state index in [9.17, 15) is 0 Å². The summed E-state index contributed by atoms with van der Waals surface area (Å²) >= 11 is 0. The summed E-state index contributed by atoms with van der Waals surface area (Å²) in [5.41, 5.74) is 0. The van der Waals surface area contributed by atoms with Crippen molar-refractivity contribution in [2.45, 2.75) is 13.3 Å². The Labute approximate surface area is 164 Å². The molecule has 1 rings (SSSR count). The van der Waals surface area contributed by atoms with Crippen LogP contribution in [0.5, 0.6) is 0 Å². The summed E-state index contributed by atoms with van der Waals surface area (Å²) < 4.78 is 10.4. The van der Waals surface area contributed by atoms with Crippen molar-refractivity contribution in [3.05, 3.63) is 0 Å². The molecule has 0 saturated carbocycles. The van der Waals surface area contributed by atoms with Gasteiger partial charge in [-0.25, -0.2) is 0 Å². The van der Waals surface area contributed by atoms with E-state index in [0.717, 1.165) is 84.6 Å². The van der Waals surface area contributed by atoms with Crippen molar-refractivity contribution in [2.75, 3.05) is 86.3 Å². The average molecular weight is 457 g/mol. The molecule has 0 aromatic rings. The number of halogens is 1. The first-order valence-electron chi connectivity index (χ1n) is 8.76. The maximum atomic E-state index is 5.36. The fraction of sp³-hybridized carbons (Fsp3) is 0.938. The minimum absolute atomic E-state index is 0. The van der Waals surface area contributed by atoms with E-state index in [1.807, 2.05) is 0 Å². The molecule has 0 amide bonds. The Kier molecular flexibility index (Phi) is 16.2. The van der Waals surface area contributed by atoms with Gasteiger partial charge in [0.1, 0.15) is 0 Å². The predicted octanol–water partition coefficient (Wildman–Crippen LogP) is 0.460. The molecule has 2 N–H and O–H groups in total. The maximum Gasteiger partial charge on any atom is 0.191 e. The van der Waals surface area contributed by atoms with Gasteiger partial charge in [0.05, 0.1) is 19.8 Å². The standard InChI is InChI=1S/C16H35N5O2.HI/c1-4-17-16(19-7-9-20(2)10-13-22-3)18-6-5-8-21-11-14-23-15-12-21;/h4-15H2,1-3H3,(H2,17,18,19);1H. The predicted molar refractivity (Wildman–Crippen MR) is 111 cm³/mol. The Bertz CT molecular complexity index is 315. The number of nitrogens with one attached hydrogen (secondary N) is 2. The molecule has 0 spiro atoms. The van der Waals surface area contributed by atoms with E-state index in [-0.39, 0.29) is 24.0 Å². The zero-order valence-electron chi connectivity index (χ0n) is 15.6. The fourth-order valence-corrected chi connectivity index (χ4v) is 2.38. The fourth-order valence-electron chi connectivity index (χ4n) is 2.38. The summed E-state index contributed by atoms with van der Waals surface area (Å²) in [6.07, 6.45) is 1.09. The number of nitrogens with zero attached hydrogens (tertiary/aromatic N) is 3. The Balaban J connectivity index is 0.00000529. The molecule has 24 heavy (non-hydrogen) atoms. The van der Waals surface area contributed by atoms with Crippen molar-refractivity contribution in [1.82, 2.24) is 20.4 Å². The van der Waals surface area contributed by atoms with Crippen LogP contribution in [-0.2, 0) is 9.47 Å². The van der Waals surface area contributed by atoms with E-state index in [1.54, 1.807) is 7.11 Å². The largest absolute Gasteiger partial charge is 0.383 e. The van der Waals surface area contributed by atoms with Gasteiger partial charge in [-0.2, -0.15) is 0 Å². The molecular formula is C16H36IN5O2.